The quantitative estimate of drug-likeness (QED) is 0.536. The van der Waals surface area contributed by atoms with Gasteiger partial charge in [0.25, 0.3) is 0 Å². The van der Waals surface area contributed by atoms with Gasteiger partial charge in [-0.1, -0.05) is 0 Å². The summed E-state index contributed by atoms with van der Waals surface area (Å²) in [5.41, 5.74) is -0.0454. The molecule has 2 heterocycles. The van der Waals surface area contributed by atoms with E-state index in [1.165, 1.54) is 0 Å². The predicted molar refractivity (Wildman–Crippen MR) is 135 cm³/mol. The molecule has 1 saturated carbocycles. The largest absolute Gasteiger partial charge is 0.462 e. The van der Waals surface area contributed by atoms with Gasteiger partial charge in [0.15, 0.2) is 0 Å². The second-order valence-electron chi connectivity index (χ2n) is 13.9. The molecule has 0 spiro atoms. The van der Waals surface area contributed by atoms with E-state index >= 15 is 0 Å². The summed E-state index contributed by atoms with van der Waals surface area (Å²) in [4.78, 5) is 25.9. The summed E-state index contributed by atoms with van der Waals surface area (Å²) in [5, 5.41) is 7.39. The Labute approximate surface area is 207 Å². The summed E-state index contributed by atoms with van der Waals surface area (Å²) >= 11 is 0. The maximum Gasteiger partial charge on any atom is 0.309 e. The minimum absolute atomic E-state index is 0.0431. The Morgan fingerprint density at radius 1 is 0.559 bits per heavy atom. The van der Waals surface area contributed by atoms with Gasteiger partial charge >= 0.3 is 11.9 Å². The lowest BCUT2D eigenvalue weighted by atomic mass is 9.82. The van der Waals surface area contributed by atoms with Gasteiger partial charge in [-0.2, -0.15) is 0 Å². The van der Waals surface area contributed by atoms with E-state index < -0.39 is 0 Å². The van der Waals surface area contributed by atoms with Crippen LogP contribution in [0.25, 0.3) is 0 Å². The lowest BCUT2D eigenvalue weighted by Crippen LogP contribution is -2.51. The highest BCUT2D eigenvalue weighted by atomic mass is 16.5. The molecule has 0 radical (unpaired) electrons. The second-order valence-corrected chi connectivity index (χ2v) is 13.9. The van der Waals surface area contributed by atoms with E-state index in [1.54, 1.807) is 0 Å². The average Bonchev–Trinajstić information content (AvgIpc) is 2.85. The maximum absolute atomic E-state index is 12.9. The van der Waals surface area contributed by atoms with Crippen LogP contribution in [0.2, 0.25) is 0 Å². The molecule has 1 aliphatic carbocycles. The van der Waals surface area contributed by atoms with Crippen molar-refractivity contribution in [1.82, 2.24) is 10.6 Å². The molecule has 196 valence electrons. The standard InChI is InChI=1S/C28H50N2O4/c1-25(2)15-13-21(17-27(5,6)29-25)33-23(31)19-9-11-20(12-10-19)24(32)34-22-14-16-26(3,4)30-28(7,8)18-22/h19-22,29-30H,9-18H2,1-8H3. The van der Waals surface area contributed by atoms with Gasteiger partial charge in [0.2, 0.25) is 0 Å². The molecular weight excluding hydrogens is 428 g/mol. The van der Waals surface area contributed by atoms with Crippen molar-refractivity contribution in [2.75, 3.05) is 0 Å². The molecule has 0 aromatic heterocycles. The lowest BCUT2D eigenvalue weighted by Gasteiger charge is -2.35. The third kappa shape index (κ3) is 7.94. The monoisotopic (exact) mass is 478 g/mol. The topological polar surface area (TPSA) is 76.7 Å². The number of ether oxygens (including phenoxy) is 2. The fraction of sp³-hybridized carbons (Fsp3) is 0.929. The first-order valence-corrected chi connectivity index (χ1v) is 13.5. The Morgan fingerprint density at radius 2 is 0.882 bits per heavy atom. The Morgan fingerprint density at radius 3 is 1.21 bits per heavy atom. The van der Waals surface area contributed by atoms with Crippen molar-refractivity contribution in [3.63, 3.8) is 0 Å². The van der Waals surface area contributed by atoms with Crippen molar-refractivity contribution >= 4 is 11.9 Å². The molecule has 3 aliphatic rings. The molecule has 2 aliphatic heterocycles. The molecule has 6 heteroatoms. The molecule has 34 heavy (non-hydrogen) atoms. The SMILES string of the molecule is CC1(C)CCC(OC(=O)C2CCC(C(=O)OC3CCC(C)(C)NC(C)(C)C3)CC2)CC(C)(C)N1. The van der Waals surface area contributed by atoms with Gasteiger partial charge in [0.1, 0.15) is 12.2 Å². The summed E-state index contributed by atoms with van der Waals surface area (Å²) in [5.74, 6) is -0.353. The van der Waals surface area contributed by atoms with Gasteiger partial charge in [-0.05, 0) is 107 Å². The first kappa shape index (κ1) is 27.4. The van der Waals surface area contributed by atoms with Gasteiger partial charge in [-0.15, -0.1) is 0 Å². The summed E-state index contributed by atoms with van der Waals surface area (Å²) in [6, 6.07) is 0. The van der Waals surface area contributed by atoms with Crippen LogP contribution >= 0.6 is 0 Å². The van der Waals surface area contributed by atoms with E-state index in [4.69, 9.17) is 9.47 Å². The molecule has 0 aromatic rings. The summed E-state index contributed by atoms with van der Waals surface area (Å²) in [6.45, 7) is 17.6. The van der Waals surface area contributed by atoms with Crippen LogP contribution in [0.15, 0.2) is 0 Å². The van der Waals surface area contributed by atoms with Crippen molar-refractivity contribution in [3.05, 3.63) is 0 Å². The first-order chi connectivity index (χ1) is 15.5. The van der Waals surface area contributed by atoms with Crippen LogP contribution < -0.4 is 10.6 Å². The fourth-order valence-corrected chi connectivity index (χ4v) is 6.73. The molecule has 2 unspecified atom stereocenters. The van der Waals surface area contributed by atoms with Crippen molar-refractivity contribution in [2.45, 2.75) is 154 Å². The van der Waals surface area contributed by atoms with Crippen molar-refractivity contribution in [3.8, 4) is 0 Å². The third-order valence-electron chi connectivity index (χ3n) is 7.97. The van der Waals surface area contributed by atoms with E-state index in [9.17, 15) is 9.59 Å². The highest BCUT2D eigenvalue weighted by Crippen LogP contribution is 2.35. The Bertz CT molecular complexity index is 673. The third-order valence-corrected chi connectivity index (χ3v) is 7.97. The minimum Gasteiger partial charge on any atom is -0.462 e. The Kier molecular flexibility index (Phi) is 8.14. The zero-order chi connectivity index (χ0) is 25.4. The molecular formula is C28H50N2O4. The van der Waals surface area contributed by atoms with Gasteiger partial charge in [0, 0.05) is 35.0 Å². The number of carbonyl (C=O) groups is 2. The highest BCUT2D eigenvalue weighted by molar-refractivity contribution is 5.75. The van der Waals surface area contributed by atoms with Crippen LogP contribution in [0.5, 0.6) is 0 Å². The summed E-state index contributed by atoms with van der Waals surface area (Å²) < 4.78 is 12.0. The molecule has 2 N–H and O–H groups in total. The molecule has 2 saturated heterocycles. The molecule has 3 fully saturated rings. The number of esters is 2. The summed E-state index contributed by atoms with van der Waals surface area (Å²) in [7, 11) is 0. The van der Waals surface area contributed by atoms with Crippen LogP contribution in [0, 0.1) is 11.8 Å². The molecule has 0 aromatic carbocycles. The van der Waals surface area contributed by atoms with Crippen LogP contribution in [0.4, 0.5) is 0 Å². The fourth-order valence-electron chi connectivity index (χ4n) is 6.73. The van der Waals surface area contributed by atoms with E-state index in [-0.39, 0.29) is 58.1 Å². The van der Waals surface area contributed by atoms with Crippen LogP contribution in [-0.2, 0) is 19.1 Å². The number of hydrogen-bond acceptors (Lipinski definition) is 6. The summed E-state index contributed by atoms with van der Waals surface area (Å²) in [6.07, 6.45) is 8.15. The second kappa shape index (κ2) is 10.1. The molecule has 0 bridgehead atoms. The normalized spacial score (nSPS) is 34.8. The number of rotatable bonds is 4. The number of hydrogen-bond donors (Lipinski definition) is 2. The zero-order valence-corrected chi connectivity index (χ0v) is 23.0. The lowest BCUT2D eigenvalue weighted by molar-refractivity contribution is -0.162. The van der Waals surface area contributed by atoms with E-state index in [1.807, 2.05) is 0 Å². The van der Waals surface area contributed by atoms with Crippen molar-refractivity contribution in [2.24, 2.45) is 11.8 Å². The smallest absolute Gasteiger partial charge is 0.309 e. The Balaban J connectivity index is 1.47. The maximum atomic E-state index is 12.9. The van der Waals surface area contributed by atoms with Crippen molar-refractivity contribution in [1.29, 1.82) is 0 Å². The molecule has 0 amide bonds. The minimum atomic E-state index is -0.0989. The highest BCUT2D eigenvalue weighted by Gasteiger charge is 2.39. The number of carbonyl (C=O) groups excluding carboxylic acids is 2. The molecule has 6 nitrogen and oxygen atoms in total. The van der Waals surface area contributed by atoms with Gasteiger partial charge in [0.05, 0.1) is 11.8 Å². The van der Waals surface area contributed by atoms with E-state index in [0.717, 1.165) is 38.5 Å². The van der Waals surface area contributed by atoms with E-state index in [2.05, 4.69) is 66.0 Å². The first-order valence-electron chi connectivity index (χ1n) is 13.5. The van der Waals surface area contributed by atoms with E-state index in [0.29, 0.717) is 25.7 Å². The van der Waals surface area contributed by atoms with Crippen LogP contribution in [0.1, 0.15) is 120 Å². The predicted octanol–water partition coefficient (Wildman–Crippen LogP) is 5.28. The van der Waals surface area contributed by atoms with Gasteiger partial charge in [-0.25, -0.2) is 0 Å². The van der Waals surface area contributed by atoms with Gasteiger partial charge < -0.3 is 20.1 Å². The average molecular weight is 479 g/mol. The number of nitrogens with one attached hydrogen (secondary N) is 2. The molecule has 2 atom stereocenters. The zero-order valence-electron chi connectivity index (χ0n) is 23.0. The van der Waals surface area contributed by atoms with Gasteiger partial charge in [-0.3, -0.25) is 9.59 Å². The van der Waals surface area contributed by atoms with Crippen LogP contribution in [-0.4, -0.2) is 46.3 Å². The van der Waals surface area contributed by atoms with Crippen LogP contribution in [0.3, 0.4) is 0 Å². The van der Waals surface area contributed by atoms with Crippen molar-refractivity contribution < 1.29 is 19.1 Å². The molecule has 3 rings (SSSR count). The Hall–Kier alpha value is -1.14.